The molecule has 6 heteroatoms. The van der Waals surface area contributed by atoms with Crippen molar-refractivity contribution in [2.75, 3.05) is 26.5 Å². The van der Waals surface area contributed by atoms with Crippen LogP contribution >= 0.6 is 7.60 Å². The topological polar surface area (TPSA) is 61.8 Å². The highest BCUT2D eigenvalue weighted by Gasteiger charge is 2.28. The molecule has 0 amide bonds. The third-order valence-electron chi connectivity index (χ3n) is 1.33. The second kappa shape index (κ2) is 7.40. The minimum atomic E-state index is -3.44. The molecule has 0 rings (SSSR count). The first kappa shape index (κ1) is 14.1. The number of esters is 1. The molecule has 86 valence electrons. The SMILES string of the molecule is C=CCOP(=O)(CC(=O)OC)OCC=C. The number of hydrogen-bond acceptors (Lipinski definition) is 5. The first-order valence-electron chi connectivity index (χ1n) is 4.24. The Morgan fingerprint density at radius 3 is 2.07 bits per heavy atom. The number of ether oxygens (including phenoxy) is 1. The maximum Gasteiger partial charge on any atom is 0.342 e. The van der Waals surface area contributed by atoms with E-state index < -0.39 is 19.7 Å². The van der Waals surface area contributed by atoms with E-state index in [-0.39, 0.29) is 13.2 Å². The van der Waals surface area contributed by atoms with Crippen LogP contribution in [-0.4, -0.2) is 32.5 Å². The molecule has 0 aromatic carbocycles. The van der Waals surface area contributed by atoms with Crippen molar-refractivity contribution in [2.24, 2.45) is 0 Å². The zero-order chi connectivity index (χ0) is 11.7. The normalized spacial score (nSPS) is 10.7. The van der Waals surface area contributed by atoms with Gasteiger partial charge >= 0.3 is 13.6 Å². The van der Waals surface area contributed by atoms with Crippen LogP contribution in [0.4, 0.5) is 0 Å². The van der Waals surface area contributed by atoms with Crippen LogP contribution in [0.1, 0.15) is 0 Å². The van der Waals surface area contributed by atoms with Crippen LogP contribution in [0.2, 0.25) is 0 Å². The zero-order valence-corrected chi connectivity index (χ0v) is 9.57. The molecule has 0 fully saturated rings. The Morgan fingerprint density at radius 1 is 1.27 bits per heavy atom. The standard InChI is InChI=1S/C9H15O5P/c1-4-6-13-15(11,14-7-5-2)8-9(10)12-3/h4-5H,1-2,6-8H2,3H3. The quantitative estimate of drug-likeness (QED) is 0.364. The van der Waals surface area contributed by atoms with Crippen molar-refractivity contribution in [2.45, 2.75) is 0 Å². The largest absolute Gasteiger partial charge is 0.469 e. The highest BCUT2D eigenvalue weighted by molar-refractivity contribution is 7.54. The van der Waals surface area contributed by atoms with E-state index in [1.165, 1.54) is 19.3 Å². The summed E-state index contributed by atoms with van der Waals surface area (Å²) < 4.78 is 26.1. The van der Waals surface area contributed by atoms with E-state index in [1.807, 2.05) is 0 Å². The minimum Gasteiger partial charge on any atom is -0.469 e. The van der Waals surface area contributed by atoms with Crippen LogP contribution < -0.4 is 0 Å². The fourth-order valence-corrected chi connectivity index (χ4v) is 2.05. The summed E-state index contributed by atoms with van der Waals surface area (Å²) in [6, 6.07) is 0. The Morgan fingerprint density at radius 2 is 1.73 bits per heavy atom. The summed E-state index contributed by atoms with van der Waals surface area (Å²) in [5, 5.41) is 0. The lowest BCUT2D eigenvalue weighted by Gasteiger charge is -2.15. The molecular formula is C9H15O5P. The number of carbonyl (C=O) groups excluding carboxylic acids is 1. The van der Waals surface area contributed by atoms with Gasteiger partial charge in [0.15, 0.2) is 0 Å². The first-order valence-corrected chi connectivity index (χ1v) is 5.97. The third-order valence-corrected chi connectivity index (χ3v) is 3.06. The maximum absolute atomic E-state index is 11.9. The van der Waals surface area contributed by atoms with E-state index in [0.29, 0.717) is 0 Å². The Labute approximate surface area is 89.2 Å². The van der Waals surface area contributed by atoms with Crippen LogP contribution in [0.3, 0.4) is 0 Å². The highest BCUT2D eigenvalue weighted by atomic mass is 31.2. The van der Waals surface area contributed by atoms with Crippen molar-refractivity contribution in [1.82, 2.24) is 0 Å². The number of carbonyl (C=O) groups is 1. The lowest BCUT2D eigenvalue weighted by molar-refractivity contribution is -0.137. The molecule has 0 N–H and O–H groups in total. The fraction of sp³-hybridized carbons (Fsp3) is 0.444. The second-order valence-corrected chi connectivity index (χ2v) is 4.57. The van der Waals surface area contributed by atoms with Crippen LogP contribution in [0, 0.1) is 0 Å². The summed E-state index contributed by atoms with van der Waals surface area (Å²) in [4.78, 5) is 10.9. The summed E-state index contributed by atoms with van der Waals surface area (Å²) in [6.07, 6.45) is 2.42. The van der Waals surface area contributed by atoms with Crippen molar-refractivity contribution < 1.29 is 23.1 Å². The molecule has 15 heavy (non-hydrogen) atoms. The summed E-state index contributed by atoms with van der Waals surface area (Å²) in [6.45, 7) is 6.90. The summed E-state index contributed by atoms with van der Waals surface area (Å²) in [5.74, 6) is -0.647. The molecular weight excluding hydrogens is 219 g/mol. The van der Waals surface area contributed by atoms with Gasteiger partial charge in [0.05, 0.1) is 20.3 Å². The van der Waals surface area contributed by atoms with Gasteiger partial charge in [-0.3, -0.25) is 9.36 Å². The van der Waals surface area contributed by atoms with Crippen LogP contribution in [-0.2, 0) is 23.1 Å². The van der Waals surface area contributed by atoms with Gasteiger partial charge in [-0.25, -0.2) is 0 Å². The van der Waals surface area contributed by atoms with E-state index >= 15 is 0 Å². The monoisotopic (exact) mass is 234 g/mol. The maximum atomic E-state index is 11.9. The molecule has 0 radical (unpaired) electrons. The Balaban J connectivity index is 4.38. The molecule has 0 aliphatic heterocycles. The van der Waals surface area contributed by atoms with Gasteiger partial charge in [-0.05, 0) is 0 Å². The molecule has 0 aliphatic carbocycles. The van der Waals surface area contributed by atoms with Gasteiger partial charge in [0.1, 0.15) is 6.16 Å². The summed E-state index contributed by atoms with van der Waals surface area (Å²) >= 11 is 0. The second-order valence-electron chi connectivity index (χ2n) is 2.51. The molecule has 0 atom stereocenters. The number of methoxy groups -OCH3 is 1. The van der Waals surface area contributed by atoms with E-state index in [2.05, 4.69) is 17.9 Å². The molecule has 0 spiro atoms. The third kappa shape index (κ3) is 6.23. The molecule has 0 saturated heterocycles. The Hall–Kier alpha value is -0.900. The van der Waals surface area contributed by atoms with Gasteiger partial charge in [0.25, 0.3) is 0 Å². The average molecular weight is 234 g/mol. The zero-order valence-electron chi connectivity index (χ0n) is 8.68. The van der Waals surface area contributed by atoms with Crippen molar-refractivity contribution in [3.63, 3.8) is 0 Å². The number of rotatable bonds is 8. The predicted octanol–water partition coefficient (Wildman–Crippen LogP) is 1.76. The van der Waals surface area contributed by atoms with E-state index in [9.17, 15) is 9.36 Å². The van der Waals surface area contributed by atoms with Crippen molar-refractivity contribution in [3.05, 3.63) is 25.3 Å². The molecule has 0 heterocycles. The molecule has 0 saturated carbocycles. The van der Waals surface area contributed by atoms with Crippen LogP contribution in [0.25, 0.3) is 0 Å². The lowest BCUT2D eigenvalue weighted by Crippen LogP contribution is -2.11. The first-order chi connectivity index (χ1) is 7.08. The Kier molecular flexibility index (Phi) is 6.96. The fourth-order valence-electron chi connectivity index (χ4n) is 0.684. The molecule has 0 bridgehead atoms. The van der Waals surface area contributed by atoms with Crippen LogP contribution in [0.5, 0.6) is 0 Å². The van der Waals surface area contributed by atoms with Gasteiger partial charge in [0, 0.05) is 0 Å². The van der Waals surface area contributed by atoms with Gasteiger partial charge in [-0.2, -0.15) is 0 Å². The van der Waals surface area contributed by atoms with Gasteiger partial charge in [-0.1, -0.05) is 12.2 Å². The minimum absolute atomic E-state index is 0.0470. The van der Waals surface area contributed by atoms with Crippen molar-refractivity contribution in [1.29, 1.82) is 0 Å². The van der Waals surface area contributed by atoms with E-state index in [0.717, 1.165) is 0 Å². The Bertz CT molecular complexity index is 258. The summed E-state index contributed by atoms with van der Waals surface area (Å²) in [7, 11) is -2.24. The number of hydrogen-bond donors (Lipinski definition) is 0. The molecule has 0 aliphatic rings. The van der Waals surface area contributed by atoms with Crippen molar-refractivity contribution in [3.8, 4) is 0 Å². The van der Waals surface area contributed by atoms with Crippen LogP contribution in [0.15, 0.2) is 25.3 Å². The molecule has 5 nitrogen and oxygen atoms in total. The van der Waals surface area contributed by atoms with E-state index in [1.54, 1.807) is 0 Å². The predicted molar refractivity (Wildman–Crippen MR) is 56.8 cm³/mol. The average Bonchev–Trinajstić information content (AvgIpc) is 2.23. The van der Waals surface area contributed by atoms with Gasteiger partial charge in [0.2, 0.25) is 0 Å². The molecule has 0 unspecified atom stereocenters. The highest BCUT2D eigenvalue weighted by Crippen LogP contribution is 2.47. The molecule has 0 aromatic rings. The lowest BCUT2D eigenvalue weighted by atomic mass is 10.7. The molecule has 0 aromatic heterocycles. The van der Waals surface area contributed by atoms with Crippen molar-refractivity contribution >= 4 is 13.6 Å². The smallest absolute Gasteiger partial charge is 0.342 e. The van der Waals surface area contributed by atoms with E-state index in [4.69, 9.17) is 9.05 Å². The van der Waals surface area contributed by atoms with Gasteiger partial charge in [-0.15, -0.1) is 13.2 Å². The van der Waals surface area contributed by atoms with Gasteiger partial charge < -0.3 is 13.8 Å². The summed E-state index contributed by atoms with van der Waals surface area (Å²) in [5.41, 5.74) is 0.